The molecule has 1 fully saturated rings. The Morgan fingerprint density at radius 3 is 2.61 bits per heavy atom. The van der Waals surface area contributed by atoms with Gasteiger partial charge < -0.3 is 20.3 Å². The molecule has 1 aromatic heterocycles. The third-order valence-electron chi connectivity index (χ3n) is 5.94. The maximum atomic E-state index is 10.1. The summed E-state index contributed by atoms with van der Waals surface area (Å²) in [6, 6.07) is 7.61. The Morgan fingerprint density at radius 2 is 1.94 bits per heavy atom. The molecule has 2 atom stereocenters. The van der Waals surface area contributed by atoms with Crippen molar-refractivity contribution in [2.24, 2.45) is 5.41 Å². The first-order valence-electron chi connectivity index (χ1n) is 11.4. The van der Waals surface area contributed by atoms with Gasteiger partial charge >= 0.3 is 0 Å². The minimum absolute atomic E-state index is 0.0549. The molecule has 1 aliphatic rings. The lowest BCUT2D eigenvalue weighted by molar-refractivity contribution is 0.252. The molecule has 0 saturated carbocycles. The number of aromatic nitrogens is 1. The van der Waals surface area contributed by atoms with Crippen LogP contribution in [0.5, 0.6) is 11.5 Å². The maximum Gasteiger partial charge on any atom is 0.140 e. The van der Waals surface area contributed by atoms with Gasteiger partial charge in [0.2, 0.25) is 0 Å². The number of ether oxygens (including phenoxy) is 2. The van der Waals surface area contributed by atoms with Gasteiger partial charge in [-0.05, 0) is 60.8 Å². The van der Waals surface area contributed by atoms with Crippen molar-refractivity contribution in [2.45, 2.75) is 72.1 Å². The van der Waals surface area contributed by atoms with Gasteiger partial charge in [-0.15, -0.1) is 0 Å². The van der Waals surface area contributed by atoms with Gasteiger partial charge in [-0.1, -0.05) is 33.8 Å². The molecule has 0 aliphatic carbocycles. The number of hydrogen-bond donors (Lipinski definition) is 3. The third-order valence-corrected chi connectivity index (χ3v) is 5.94. The molecule has 170 valence electrons. The van der Waals surface area contributed by atoms with Crippen molar-refractivity contribution in [3.8, 4) is 11.5 Å². The monoisotopic (exact) mass is 427 g/mol. The van der Waals surface area contributed by atoms with E-state index in [1.54, 1.807) is 12.3 Å². The molecule has 0 spiro atoms. The Kier molecular flexibility index (Phi) is 7.79. The zero-order chi connectivity index (χ0) is 22.4. The second-order valence-electron chi connectivity index (χ2n) is 9.14. The Hall–Kier alpha value is -2.31. The van der Waals surface area contributed by atoms with Gasteiger partial charge in [-0.25, -0.2) is 4.98 Å². The van der Waals surface area contributed by atoms with Crippen LogP contribution in [0.1, 0.15) is 69.8 Å². The number of anilines is 1. The molecule has 2 aromatic rings. The zero-order valence-corrected chi connectivity index (χ0v) is 19.3. The fourth-order valence-corrected chi connectivity index (χ4v) is 3.82. The van der Waals surface area contributed by atoms with Crippen LogP contribution in [0.15, 0.2) is 30.5 Å². The number of phenols is 1. The van der Waals surface area contributed by atoms with Crippen molar-refractivity contribution in [1.29, 1.82) is 0 Å². The molecule has 1 saturated heterocycles. The van der Waals surface area contributed by atoms with Gasteiger partial charge in [0, 0.05) is 24.4 Å². The van der Waals surface area contributed by atoms with E-state index in [4.69, 9.17) is 15.2 Å². The van der Waals surface area contributed by atoms with E-state index in [-0.39, 0.29) is 17.7 Å². The summed E-state index contributed by atoms with van der Waals surface area (Å²) in [6.45, 7) is 10.3. The van der Waals surface area contributed by atoms with Gasteiger partial charge in [-0.2, -0.15) is 0 Å². The van der Waals surface area contributed by atoms with Crippen LogP contribution in [0.4, 0.5) is 5.82 Å². The van der Waals surface area contributed by atoms with Crippen LogP contribution in [0, 0.1) is 5.41 Å². The van der Waals surface area contributed by atoms with E-state index in [2.05, 4.69) is 44.1 Å². The molecule has 31 heavy (non-hydrogen) atoms. The molecule has 1 aromatic carbocycles. The smallest absolute Gasteiger partial charge is 0.140 e. The quantitative estimate of drug-likeness (QED) is 0.334. The van der Waals surface area contributed by atoms with Crippen LogP contribution in [0.3, 0.4) is 0 Å². The number of phenolic OH excluding ortho intramolecular Hbond substituents is 1. The third kappa shape index (κ3) is 6.58. The number of aryl methyl sites for hydroxylation is 2. The van der Waals surface area contributed by atoms with E-state index in [1.165, 1.54) is 0 Å². The van der Waals surface area contributed by atoms with Crippen LogP contribution < -0.4 is 15.8 Å². The molecule has 3 rings (SSSR count). The predicted molar refractivity (Wildman–Crippen MR) is 124 cm³/mol. The van der Waals surface area contributed by atoms with E-state index in [0.717, 1.165) is 61.1 Å². The first-order valence-corrected chi connectivity index (χ1v) is 11.4. The highest BCUT2D eigenvalue weighted by Crippen LogP contribution is 2.37. The number of rotatable bonds is 12. The Labute approximate surface area is 186 Å². The molecule has 1 aliphatic heterocycles. The lowest BCUT2D eigenvalue weighted by Gasteiger charge is -2.24. The number of benzene rings is 1. The summed E-state index contributed by atoms with van der Waals surface area (Å²) in [5, 5.41) is 13.6. The predicted octanol–water partition coefficient (Wildman–Crippen LogP) is 4.76. The number of pyridine rings is 1. The molecule has 2 unspecified atom stereocenters. The van der Waals surface area contributed by atoms with Crippen molar-refractivity contribution in [1.82, 2.24) is 10.3 Å². The number of nitrogens with two attached hydrogens (primary N) is 1. The van der Waals surface area contributed by atoms with Crippen LogP contribution in [-0.4, -0.2) is 29.5 Å². The first-order chi connectivity index (χ1) is 14.8. The molecule has 6 heteroatoms. The van der Waals surface area contributed by atoms with Crippen molar-refractivity contribution in [3.63, 3.8) is 0 Å². The minimum atomic E-state index is 0.0549. The highest BCUT2D eigenvalue weighted by molar-refractivity contribution is 5.46. The van der Waals surface area contributed by atoms with Gasteiger partial charge in [0.1, 0.15) is 29.6 Å². The number of nitrogen functional groups attached to an aromatic ring is 1. The fourth-order valence-electron chi connectivity index (χ4n) is 3.82. The minimum Gasteiger partial charge on any atom is -0.508 e. The van der Waals surface area contributed by atoms with Crippen LogP contribution in [-0.2, 0) is 17.6 Å². The van der Waals surface area contributed by atoms with Crippen molar-refractivity contribution in [3.05, 3.63) is 47.2 Å². The molecule has 6 nitrogen and oxygen atoms in total. The highest BCUT2D eigenvalue weighted by atomic mass is 16.6. The van der Waals surface area contributed by atoms with Crippen molar-refractivity contribution >= 4 is 5.82 Å². The van der Waals surface area contributed by atoms with Gasteiger partial charge in [0.25, 0.3) is 0 Å². The van der Waals surface area contributed by atoms with E-state index in [9.17, 15) is 5.11 Å². The topological polar surface area (TPSA) is 92.9 Å². The standard InChI is InChI=1S/C25H37N3O3/c1-5-17-13-18(6-2)21(14-20(17)29)30-12-8-7-11-25(3,4)16-28-24-23(31-24)19-9-10-22(26)27-15-19/h9-10,13-15,23-24,28-29H,5-8,11-12,16H2,1-4H3,(H2,26,27). The van der Waals surface area contributed by atoms with Crippen LogP contribution in [0.2, 0.25) is 0 Å². The molecular formula is C25H37N3O3. The van der Waals surface area contributed by atoms with E-state index in [1.807, 2.05) is 12.1 Å². The number of aromatic hydroxyl groups is 1. The summed E-state index contributed by atoms with van der Waals surface area (Å²) in [4.78, 5) is 4.13. The zero-order valence-electron chi connectivity index (χ0n) is 19.3. The number of nitrogens with one attached hydrogen (secondary N) is 1. The van der Waals surface area contributed by atoms with Crippen molar-refractivity contribution < 1.29 is 14.6 Å². The number of epoxide rings is 1. The summed E-state index contributed by atoms with van der Waals surface area (Å²) in [6.07, 6.45) is 6.81. The fraction of sp³-hybridized carbons (Fsp3) is 0.560. The van der Waals surface area contributed by atoms with Gasteiger partial charge in [-0.3, -0.25) is 5.32 Å². The number of hydrogen-bond acceptors (Lipinski definition) is 6. The van der Waals surface area contributed by atoms with Crippen LogP contribution >= 0.6 is 0 Å². The second kappa shape index (κ2) is 10.3. The van der Waals surface area contributed by atoms with Gasteiger partial charge in [0.15, 0.2) is 0 Å². The largest absolute Gasteiger partial charge is 0.508 e. The molecule has 4 N–H and O–H groups in total. The lowest BCUT2D eigenvalue weighted by atomic mass is 9.87. The molecule has 0 bridgehead atoms. The highest BCUT2D eigenvalue weighted by Gasteiger charge is 2.40. The van der Waals surface area contributed by atoms with Gasteiger partial charge in [0.05, 0.1) is 6.61 Å². The number of nitrogens with zero attached hydrogens (tertiary/aromatic N) is 1. The summed E-state index contributed by atoms with van der Waals surface area (Å²) in [5.74, 6) is 1.67. The average molecular weight is 428 g/mol. The molecule has 2 heterocycles. The van der Waals surface area contributed by atoms with E-state index < -0.39 is 0 Å². The summed E-state index contributed by atoms with van der Waals surface area (Å²) >= 11 is 0. The summed E-state index contributed by atoms with van der Waals surface area (Å²) < 4.78 is 11.7. The lowest BCUT2D eigenvalue weighted by Crippen LogP contribution is -2.31. The Balaban J connectivity index is 1.36. The first kappa shape index (κ1) is 23.4. The Morgan fingerprint density at radius 1 is 1.16 bits per heavy atom. The van der Waals surface area contributed by atoms with E-state index >= 15 is 0 Å². The normalized spacial score (nSPS) is 18.2. The summed E-state index contributed by atoms with van der Waals surface area (Å²) in [5.41, 5.74) is 9.02. The molecular weight excluding hydrogens is 390 g/mol. The average Bonchev–Trinajstić information content (AvgIpc) is 3.52. The van der Waals surface area contributed by atoms with Crippen LogP contribution in [0.25, 0.3) is 0 Å². The summed E-state index contributed by atoms with van der Waals surface area (Å²) in [7, 11) is 0. The maximum absolute atomic E-state index is 10.1. The molecule has 0 radical (unpaired) electrons. The SMILES string of the molecule is CCc1cc(CC)c(OCCCCC(C)(C)CNC2OC2c2ccc(N)nc2)cc1O. The van der Waals surface area contributed by atoms with Crippen molar-refractivity contribution in [2.75, 3.05) is 18.9 Å². The molecule has 0 amide bonds. The van der Waals surface area contributed by atoms with E-state index in [0.29, 0.717) is 18.2 Å². The Bertz CT molecular complexity index is 852. The second-order valence-corrected chi connectivity index (χ2v) is 9.14. The number of unbranched alkanes of at least 4 members (excludes halogenated alkanes) is 1.